The summed E-state index contributed by atoms with van der Waals surface area (Å²) >= 11 is 0. The Morgan fingerprint density at radius 1 is 1.14 bits per heavy atom. The summed E-state index contributed by atoms with van der Waals surface area (Å²) in [6, 6.07) is 10.4. The average Bonchev–Trinajstić information content (AvgIpc) is 3.03. The van der Waals surface area contributed by atoms with Crippen molar-refractivity contribution >= 4 is 11.0 Å². The van der Waals surface area contributed by atoms with Gasteiger partial charge in [-0.3, -0.25) is 4.90 Å². The molecule has 4 nitrogen and oxygen atoms in total. The van der Waals surface area contributed by atoms with E-state index in [0.29, 0.717) is 12.8 Å². The fourth-order valence-corrected chi connectivity index (χ4v) is 4.23. The van der Waals surface area contributed by atoms with Gasteiger partial charge in [0.2, 0.25) is 0 Å². The van der Waals surface area contributed by atoms with Gasteiger partial charge >= 0.3 is 0 Å². The number of H-pyrrole nitrogens is 1. The number of pyridine rings is 1. The lowest BCUT2D eigenvalue weighted by Gasteiger charge is -2.39. The van der Waals surface area contributed by atoms with Crippen molar-refractivity contribution in [1.82, 2.24) is 14.9 Å². The third kappa shape index (κ3) is 3.56. The number of aromatic nitrogens is 2. The van der Waals surface area contributed by atoms with Crippen molar-refractivity contribution in [2.24, 2.45) is 0 Å². The van der Waals surface area contributed by atoms with Gasteiger partial charge in [0.15, 0.2) is 0 Å². The number of benzene rings is 1. The maximum absolute atomic E-state index is 13.2. The van der Waals surface area contributed by atoms with Crippen molar-refractivity contribution in [3.05, 3.63) is 65.2 Å². The number of nitrogens with one attached hydrogen (secondary N) is 1. The van der Waals surface area contributed by atoms with Crippen molar-refractivity contribution in [3.63, 3.8) is 0 Å². The van der Waals surface area contributed by atoms with Gasteiger partial charge in [0.05, 0.1) is 5.60 Å². The second-order valence-electron chi connectivity index (χ2n) is 8.94. The first-order valence-corrected chi connectivity index (χ1v) is 9.93. The molecule has 1 fully saturated rings. The van der Waals surface area contributed by atoms with Crippen LogP contribution in [0.4, 0.5) is 4.39 Å². The van der Waals surface area contributed by atoms with Crippen LogP contribution in [-0.4, -0.2) is 33.1 Å². The van der Waals surface area contributed by atoms with Gasteiger partial charge in [-0.15, -0.1) is 0 Å². The molecule has 5 heteroatoms. The van der Waals surface area contributed by atoms with Crippen molar-refractivity contribution in [2.75, 3.05) is 13.1 Å². The van der Waals surface area contributed by atoms with Crippen molar-refractivity contribution in [2.45, 2.75) is 51.2 Å². The Kier molecular flexibility index (Phi) is 4.76. The Balaban J connectivity index is 1.55. The van der Waals surface area contributed by atoms with E-state index in [0.717, 1.165) is 30.8 Å². The van der Waals surface area contributed by atoms with Gasteiger partial charge in [-0.2, -0.15) is 0 Å². The number of nitrogens with zero attached hydrogens (tertiary/aromatic N) is 2. The molecule has 1 aliphatic heterocycles. The van der Waals surface area contributed by atoms with Gasteiger partial charge in [-0.25, -0.2) is 9.37 Å². The normalized spacial score (nSPS) is 17.9. The first-order chi connectivity index (χ1) is 13.3. The zero-order valence-corrected chi connectivity index (χ0v) is 16.8. The molecule has 28 heavy (non-hydrogen) atoms. The standard InChI is InChI=1S/C23H28FN3O/c1-22(2,3)20-19(18-5-4-12-25-21(18)26-20)15-27-13-10-23(28,11-14-27)16-6-8-17(24)9-7-16/h4-9,12,28H,10-11,13-15H2,1-3H3,(H,25,26). The summed E-state index contributed by atoms with van der Waals surface area (Å²) in [5, 5.41) is 12.2. The third-order valence-corrected chi connectivity index (χ3v) is 5.87. The summed E-state index contributed by atoms with van der Waals surface area (Å²) in [6.07, 6.45) is 3.10. The lowest BCUT2D eigenvalue weighted by molar-refractivity contribution is -0.0277. The van der Waals surface area contributed by atoms with Crippen LogP contribution in [0.1, 0.15) is 50.4 Å². The molecular weight excluding hydrogens is 353 g/mol. The number of fused-ring (bicyclic) bond motifs is 1. The first kappa shape index (κ1) is 19.1. The van der Waals surface area contributed by atoms with Gasteiger partial charge < -0.3 is 10.1 Å². The summed E-state index contributed by atoms with van der Waals surface area (Å²) in [7, 11) is 0. The number of aliphatic hydroxyl groups is 1. The Hall–Kier alpha value is -2.24. The molecule has 0 spiro atoms. The molecule has 0 unspecified atom stereocenters. The maximum Gasteiger partial charge on any atom is 0.137 e. The second kappa shape index (κ2) is 6.98. The predicted molar refractivity (Wildman–Crippen MR) is 110 cm³/mol. The van der Waals surface area contributed by atoms with E-state index in [1.54, 1.807) is 12.1 Å². The molecule has 3 aromatic rings. The molecule has 2 N–H and O–H groups in total. The van der Waals surface area contributed by atoms with E-state index >= 15 is 0 Å². The second-order valence-corrected chi connectivity index (χ2v) is 8.94. The van der Waals surface area contributed by atoms with E-state index in [1.807, 2.05) is 12.3 Å². The summed E-state index contributed by atoms with van der Waals surface area (Å²) < 4.78 is 13.2. The topological polar surface area (TPSA) is 52.2 Å². The Bertz CT molecular complexity index is 964. The largest absolute Gasteiger partial charge is 0.385 e. The molecule has 3 heterocycles. The SMILES string of the molecule is CC(C)(C)c1[nH]c2ncccc2c1CN1CCC(O)(c2ccc(F)cc2)CC1. The van der Waals surface area contributed by atoms with Crippen molar-refractivity contribution in [1.29, 1.82) is 0 Å². The van der Waals surface area contributed by atoms with Crippen LogP contribution in [-0.2, 0) is 17.6 Å². The Labute approximate surface area is 165 Å². The van der Waals surface area contributed by atoms with E-state index in [4.69, 9.17) is 0 Å². The van der Waals surface area contributed by atoms with Gasteiger partial charge in [0.25, 0.3) is 0 Å². The predicted octanol–water partition coefficient (Wildman–Crippen LogP) is 4.48. The van der Waals surface area contributed by atoms with Crippen molar-refractivity contribution in [3.8, 4) is 0 Å². The molecule has 4 rings (SSSR count). The number of aromatic amines is 1. The zero-order valence-electron chi connectivity index (χ0n) is 16.8. The number of likely N-dealkylation sites (tertiary alicyclic amines) is 1. The van der Waals surface area contributed by atoms with E-state index in [9.17, 15) is 9.50 Å². The van der Waals surface area contributed by atoms with Crippen LogP contribution in [0.25, 0.3) is 11.0 Å². The fourth-order valence-electron chi connectivity index (χ4n) is 4.23. The molecule has 0 atom stereocenters. The van der Waals surface area contributed by atoms with Crippen LogP contribution in [0.3, 0.4) is 0 Å². The molecule has 0 aliphatic carbocycles. The van der Waals surface area contributed by atoms with Crippen LogP contribution in [0.5, 0.6) is 0 Å². The van der Waals surface area contributed by atoms with Gasteiger partial charge in [-0.1, -0.05) is 32.9 Å². The smallest absolute Gasteiger partial charge is 0.137 e. The Morgan fingerprint density at radius 2 is 1.82 bits per heavy atom. The van der Waals surface area contributed by atoms with Crippen LogP contribution in [0.2, 0.25) is 0 Å². The molecule has 0 saturated carbocycles. The molecule has 1 aliphatic rings. The van der Waals surface area contributed by atoms with E-state index in [-0.39, 0.29) is 11.2 Å². The number of halogens is 1. The monoisotopic (exact) mass is 381 g/mol. The van der Waals surface area contributed by atoms with Crippen LogP contribution >= 0.6 is 0 Å². The van der Waals surface area contributed by atoms with Crippen LogP contribution in [0, 0.1) is 5.82 Å². The van der Waals surface area contributed by atoms with E-state index in [1.165, 1.54) is 28.8 Å². The number of hydrogen-bond donors (Lipinski definition) is 2. The zero-order chi connectivity index (χ0) is 19.9. The fraction of sp³-hybridized carbons (Fsp3) is 0.435. The summed E-state index contributed by atoms with van der Waals surface area (Å²) in [4.78, 5) is 10.4. The highest BCUT2D eigenvalue weighted by Gasteiger charge is 2.34. The van der Waals surface area contributed by atoms with E-state index in [2.05, 4.69) is 41.7 Å². The molecule has 148 valence electrons. The van der Waals surface area contributed by atoms with Gasteiger partial charge in [0.1, 0.15) is 11.5 Å². The average molecular weight is 381 g/mol. The van der Waals surface area contributed by atoms with Gasteiger partial charge in [-0.05, 0) is 48.2 Å². The molecule has 0 radical (unpaired) electrons. The molecular formula is C23H28FN3O. The number of piperidine rings is 1. The minimum absolute atomic E-state index is 0.000663. The molecule has 1 aromatic carbocycles. The highest BCUT2D eigenvalue weighted by molar-refractivity contribution is 5.81. The Morgan fingerprint density at radius 3 is 2.46 bits per heavy atom. The molecule has 0 amide bonds. The molecule has 2 aromatic heterocycles. The quantitative estimate of drug-likeness (QED) is 0.703. The summed E-state index contributed by atoms with van der Waals surface area (Å²) in [6.45, 7) is 9.06. The summed E-state index contributed by atoms with van der Waals surface area (Å²) in [5.74, 6) is -0.271. The van der Waals surface area contributed by atoms with Gasteiger partial charge in [0, 0.05) is 42.3 Å². The highest BCUT2D eigenvalue weighted by atomic mass is 19.1. The lowest BCUT2D eigenvalue weighted by atomic mass is 9.84. The van der Waals surface area contributed by atoms with Crippen molar-refractivity contribution < 1.29 is 9.50 Å². The molecule has 0 bridgehead atoms. The van der Waals surface area contributed by atoms with Crippen LogP contribution < -0.4 is 0 Å². The molecule has 1 saturated heterocycles. The highest BCUT2D eigenvalue weighted by Crippen LogP contribution is 2.36. The summed E-state index contributed by atoms with van der Waals surface area (Å²) in [5.41, 5.74) is 3.38. The number of hydrogen-bond acceptors (Lipinski definition) is 3. The lowest BCUT2D eigenvalue weighted by Crippen LogP contribution is -2.42. The minimum Gasteiger partial charge on any atom is -0.385 e. The third-order valence-electron chi connectivity index (χ3n) is 5.87. The van der Waals surface area contributed by atoms with Crippen LogP contribution in [0.15, 0.2) is 42.6 Å². The first-order valence-electron chi connectivity index (χ1n) is 9.93. The van der Waals surface area contributed by atoms with E-state index < -0.39 is 5.60 Å². The number of rotatable bonds is 3. The minimum atomic E-state index is -0.876. The maximum atomic E-state index is 13.2.